The summed E-state index contributed by atoms with van der Waals surface area (Å²) in [5.74, 6) is 0.00293. The number of ketones is 1. The molecule has 0 amide bonds. The minimum absolute atomic E-state index is 0.00293. The fourth-order valence-corrected chi connectivity index (χ4v) is 4.86. The van der Waals surface area contributed by atoms with Crippen LogP contribution in [-0.2, 0) is 0 Å². The summed E-state index contributed by atoms with van der Waals surface area (Å²) < 4.78 is 0. The molecule has 6 rings (SSSR count). The number of nitrogens with zero attached hydrogens (tertiary/aromatic N) is 1. The van der Waals surface area contributed by atoms with Crippen molar-refractivity contribution in [3.05, 3.63) is 162 Å². The molecule has 6 aromatic rings. The first-order valence-corrected chi connectivity index (χ1v) is 13.1. The summed E-state index contributed by atoms with van der Waals surface area (Å²) in [5, 5.41) is 0. The molecule has 0 saturated heterocycles. The zero-order valence-corrected chi connectivity index (χ0v) is 21.7. The third-order valence-electron chi connectivity index (χ3n) is 6.94. The van der Waals surface area contributed by atoms with Crippen molar-refractivity contribution in [3.8, 4) is 44.6 Å². The molecule has 186 valence electrons. The Kier molecular flexibility index (Phi) is 6.67. The van der Waals surface area contributed by atoms with Gasteiger partial charge >= 0.3 is 0 Å². The maximum atomic E-state index is 13.9. The van der Waals surface area contributed by atoms with E-state index in [0.29, 0.717) is 11.1 Å². The largest absolute Gasteiger partial charge is 0.289 e. The highest BCUT2D eigenvalue weighted by Crippen LogP contribution is 2.31. The van der Waals surface area contributed by atoms with Crippen LogP contribution in [0.2, 0.25) is 0 Å². The predicted octanol–water partition coefficient (Wildman–Crippen LogP) is 9.29. The van der Waals surface area contributed by atoms with Crippen molar-refractivity contribution in [3.63, 3.8) is 0 Å². The maximum Gasteiger partial charge on any atom is 0.193 e. The third-order valence-corrected chi connectivity index (χ3v) is 6.94. The Bertz CT molecular complexity index is 1700. The molecule has 2 nitrogen and oxygen atoms in total. The van der Waals surface area contributed by atoms with Gasteiger partial charge in [0, 0.05) is 22.9 Å². The van der Waals surface area contributed by atoms with Gasteiger partial charge in [0.15, 0.2) is 5.78 Å². The summed E-state index contributed by atoms with van der Waals surface area (Å²) in [6.45, 7) is 2.04. The van der Waals surface area contributed by atoms with Gasteiger partial charge in [-0.1, -0.05) is 103 Å². The molecule has 0 bridgehead atoms. The molecule has 5 aromatic carbocycles. The van der Waals surface area contributed by atoms with E-state index in [-0.39, 0.29) is 5.78 Å². The van der Waals surface area contributed by atoms with Crippen LogP contribution in [0.25, 0.3) is 44.6 Å². The lowest BCUT2D eigenvalue weighted by atomic mass is 9.92. The Morgan fingerprint density at radius 3 is 1.59 bits per heavy atom. The molecule has 0 unspecified atom stereocenters. The molecule has 1 heterocycles. The number of carbonyl (C=O) groups is 1. The summed E-state index contributed by atoms with van der Waals surface area (Å²) in [7, 11) is 0. The smallest absolute Gasteiger partial charge is 0.193 e. The van der Waals surface area contributed by atoms with Crippen LogP contribution < -0.4 is 0 Å². The number of rotatable bonds is 6. The van der Waals surface area contributed by atoms with Crippen LogP contribution in [-0.4, -0.2) is 10.8 Å². The quantitative estimate of drug-likeness (QED) is 0.213. The molecule has 0 atom stereocenters. The molecule has 0 aliphatic carbocycles. The van der Waals surface area contributed by atoms with E-state index in [1.54, 1.807) is 0 Å². The van der Waals surface area contributed by atoms with Crippen molar-refractivity contribution < 1.29 is 4.79 Å². The molecular formula is C37H27NO. The second kappa shape index (κ2) is 10.7. The van der Waals surface area contributed by atoms with E-state index in [4.69, 9.17) is 0 Å². The highest BCUT2D eigenvalue weighted by Gasteiger charge is 2.14. The monoisotopic (exact) mass is 501 g/mol. The molecule has 0 fully saturated rings. The molecule has 0 spiro atoms. The normalized spacial score (nSPS) is 10.8. The van der Waals surface area contributed by atoms with E-state index in [2.05, 4.69) is 59.6 Å². The molecule has 1 aromatic heterocycles. The second-order valence-corrected chi connectivity index (χ2v) is 9.74. The first kappa shape index (κ1) is 24.3. The van der Waals surface area contributed by atoms with Crippen molar-refractivity contribution in [2.75, 3.05) is 0 Å². The minimum Gasteiger partial charge on any atom is -0.289 e. The highest BCUT2D eigenvalue weighted by atomic mass is 16.1. The Hall–Kier alpha value is -5.08. The van der Waals surface area contributed by atoms with E-state index >= 15 is 0 Å². The molecule has 0 aliphatic rings. The van der Waals surface area contributed by atoms with Crippen LogP contribution in [0.3, 0.4) is 0 Å². The summed E-state index contributed by atoms with van der Waals surface area (Å²) in [6, 6.07) is 46.9. The topological polar surface area (TPSA) is 30.0 Å². The third kappa shape index (κ3) is 5.32. The average Bonchev–Trinajstić information content (AvgIpc) is 3.02. The molecule has 39 heavy (non-hydrogen) atoms. The molecular weight excluding hydrogens is 474 g/mol. The van der Waals surface area contributed by atoms with Crippen molar-refractivity contribution in [1.82, 2.24) is 4.98 Å². The number of carbonyl (C=O) groups excluding carboxylic acids is 1. The number of benzene rings is 5. The first-order valence-electron chi connectivity index (χ1n) is 13.1. The Morgan fingerprint density at radius 2 is 0.974 bits per heavy atom. The van der Waals surface area contributed by atoms with Gasteiger partial charge in [-0.25, -0.2) is 0 Å². The Labute approximate surface area is 229 Å². The van der Waals surface area contributed by atoms with Gasteiger partial charge < -0.3 is 0 Å². The number of hydrogen-bond donors (Lipinski definition) is 0. The van der Waals surface area contributed by atoms with Crippen LogP contribution in [0.1, 0.15) is 21.5 Å². The maximum absolute atomic E-state index is 13.9. The zero-order chi connectivity index (χ0) is 26.6. The van der Waals surface area contributed by atoms with Gasteiger partial charge in [-0.3, -0.25) is 9.78 Å². The van der Waals surface area contributed by atoms with Gasteiger partial charge in [-0.2, -0.15) is 0 Å². The van der Waals surface area contributed by atoms with Gasteiger partial charge in [0.05, 0.1) is 5.69 Å². The van der Waals surface area contributed by atoms with Gasteiger partial charge in [0.2, 0.25) is 0 Å². The lowest BCUT2D eigenvalue weighted by Crippen LogP contribution is -2.02. The fraction of sp³-hybridized carbons (Fsp3) is 0.0270. The van der Waals surface area contributed by atoms with Crippen LogP contribution in [0.15, 0.2) is 146 Å². The van der Waals surface area contributed by atoms with Gasteiger partial charge in [0.1, 0.15) is 0 Å². The van der Waals surface area contributed by atoms with Crippen molar-refractivity contribution >= 4 is 5.78 Å². The predicted molar refractivity (Wildman–Crippen MR) is 161 cm³/mol. The van der Waals surface area contributed by atoms with E-state index in [1.807, 2.05) is 98.0 Å². The van der Waals surface area contributed by atoms with Crippen LogP contribution in [0.4, 0.5) is 0 Å². The fourth-order valence-electron chi connectivity index (χ4n) is 4.86. The lowest BCUT2D eigenvalue weighted by Gasteiger charge is -2.12. The lowest BCUT2D eigenvalue weighted by molar-refractivity contribution is 0.103. The number of aromatic nitrogens is 1. The summed E-state index contributed by atoms with van der Waals surface area (Å²) in [4.78, 5) is 18.5. The number of aryl methyl sites for hydroxylation is 1. The number of hydrogen-bond acceptors (Lipinski definition) is 2. The second-order valence-electron chi connectivity index (χ2n) is 9.74. The molecule has 0 aliphatic heterocycles. The van der Waals surface area contributed by atoms with E-state index in [1.165, 1.54) is 0 Å². The van der Waals surface area contributed by atoms with E-state index in [9.17, 15) is 4.79 Å². The summed E-state index contributed by atoms with van der Waals surface area (Å²) in [6.07, 6.45) is 1.88. The average molecular weight is 502 g/mol. The van der Waals surface area contributed by atoms with Crippen LogP contribution in [0, 0.1) is 6.92 Å². The molecule has 2 heteroatoms. The highest BCUT2D eigenvalue weighted by molar-refractivity contribution is 6.10. The van der Waals surface area contributed by atoms with E-state index in [0.717, 1.165) is 50.2 Å². The zero-order valence-electron chi connectivity index (χ0n) is 21.7. The summed E-state index contributed by atoms with van der Waals surface area (Å²) in [5.41, 5.74) is 10.7. The van der Waals surface area contributed by atoms with Gasteiger partial charge in [0.25, 0.3) is 0 Å². The van der Waals surface area contributed by atoms with Crippen molar-refractivity contribution in [1.29, 1.82) is 0 Å². The van der Waals surface area contributed by atoms with Crippen molar-refractivity contribution in [2.24, 2.45) is 0 Å². The standard InChI is InChI=1S/C37H27NO/c1-26-18-19-36(38-25-26)31-16-8-14-29(20-31)30-15-9-17-32(21-30)37(39)35-23-33(27-10-4-2-5-11-27)22-34(24-35)28-12-6-3-7-13-28/h2-25H,1H3. The van der Waals surface area contributed by atoms with E-state index < -0.39 is 0 Å². The molecule has 0 N–H and O–H groups in total. The SMILES string of the molecule is Cc1ccc(-c2cccc(-c3cccc(C(=O)c4cc(-c5ccccc5)cc(-c5ccccc5)c4)c3)c2)nc1. The van der Waals surface area contributed by atoms with Gasteiger partial charge in [-0.05, 0) is 82.3 Å². The Balaban J connectivity index is 1.39. The van der Waals surface area contributed by atoms with Crippen molar-refractivity contribution in [2.45, 2.75) is 6.92 Å². The van der Waals surface area contributed by atoms with Crippen LogP contribution >= 0.6 is 0 Å². The Morgan fingerprint density at radius 1 is 0.462 bits per heavy atom. The van der Waals surface area contributed by atoms with Crippen LogP contribution in [0.5, 0.6) is 0 Å². The number of pyridine rings is 1. The molecule has 0 radical (unpaired) electrons. The minimum atomic E-state index is 0.00293. The first-order chi connectivity index (χ1) is 19.1. The van der Waals surface area contributed by atoms with Gasteiger partial charge in [-0.15, -0.1) is 0 Å². The summed E-state index contributed by atoms with van der Waals surface area (Å²) >= 11 is 0. The molecule has 0 saturated carbocycles.